The summed E-state index contributed by atoms with van der Waals surface area (Å²) in [6, 6.07) is 0. The van der Waals surface area contributed by atoms with Crippen molar-refractivity contribution >= 4 is 11.9 Å². The molecule has 0 aliphatic carbocycles. The van der Waals surface area contributed by atoms with E-state index in [9.17, 15) is 9.59 Å². The van der Waals surface area contributed by atoms with Gasteiger partial charge in [0.2, 0.25) is 0 Å². The molecular weight excluding hydrogens is 268 g/mol. The van der Waals surface area contributed by atoms with Crippen molar-refractivity contribution in [2.24, 2.45) is 11.8 Å². The largest absolute Gasteiger partial charge is 0.460 e. The number of carbonyl (C=O) groups excluding carboxylic acids is 2. The summed E-state index contributed by atoms with van der Waals surface area (Å²) in [5, 5.41) is 0. The van der Waals surface area contributed by atoms with Crippen LogP contribution < -0.4 is 0 Å². The Hall–Kier alpha value is -1.06. The maximum Gasteiger partial charge on any atom is 0.309 e. The Kier molecular flexibility index (Phi) is 7.41. The van der Waals surface area contributed by atoms with Crippen LogP contribution in [0.5, 0.6) is 0 Å². The third kappa shape index (κ3) is 10.3. The zero-order valence-electron chi connectivity index (χ0n) is 14.9. The normalized spacial score (nSPS) is 15.2. The Labute approximate surface area is 129 Å². The lowest BCUT2D eigenvalue weighted by Crippen LogP contribution is -2.28. The van der Waals surface area contributed by atoms with E-state index in [0.717, 1.165) is 19.3 Å². The molecule has 0 bridgehead atoms. The SMILES string of the molecule is CC(CCCC(C)C(=O)OC(C)(C)C)C(=O)OC(C)(C)C. The van der Waals surface area contributed by atoms with Crippen molar-refractivity contribution in [3.63, 3.8) is 0 Å². The lowest BCUT2D eigenvalue weighted by atomic mass is 9.98. The van der Waals surface area contributed by atoms with Crippen LogP contribution in [0, 0.1) is 11.8 Å². The summed E-state index contributed by atoms with van der Waals surface area (Å²) in [7, 11) is 0. The van der Waals surface area contributed by atoms with Crippen LogP contribution in [-0.4, -0.2) is 23.1 Å². The molecule has 0 saturated carbocycles. The van der Waals surface area contributed by atoms with E-state index in [-0.39, 0.29) is 23.8 Å². The Morgan fingerprint density at radius 1 is 0.762 bits per heavy atom. The maximum atomic E-state index is 11.8. The summed E-state index contributed by atoms with van der Waals surface area (Å²) in [5.41, 5.74) is -0.899. The summed E-state index contributed by atoms with van der Waals surface area (Å²) in [6.45, 7) is 14.9. The van der Waals surface area contributed by atoms with Crippen molar-refractivity contribution < 1.29 is 19.1 Å². The minimum atomic E-state index is -0.449. The van der Waals surface area contributed by atoms with Gasteiger partial charge in [-0.3, -0.25) is 9.59 Å². The number of carbonyl (C=O) groups is 2. The molecule has 2 unspecified atom stereocenters. The van der Waals surface area contributed by atoms with Gasteiger partial charge in [0.15, 0.2) is 0 Å². The molecule has 0 N–H and O–H groups in total. The van der Waals surface area contributed by atoms with Gasteiger partial charge in [0.1, 0.15) is 11.2 Å². The molecule has 21 heavy (non-hydrogen) atoms. The van der Waals surface area contributed by atoms with Crippen LogP contribution in [-0.2, 0) is 19.1 Å². The van der Waals surface area contributed by atoms with Crippen LogP contribution in [0.1, 0.15) is 74.7 Å². The highest BCUT2D eigenvalue weighted by molar-refractivity contribution is 5.73. The average Bonchev–Trinajstić information content (AvgIpc) is 2.23. The van der Waals surface area contributed by atoms with Crippen LogP contribution in [0.4, 0.5) is 0 Å². The molecule has 0 amide bonds. The van der Waals surface area contributed by atoms with Crippen molar-refractivity contribution in [3.8, 4) is 0 Å². The predicted octanol–water partition coefficient (Wildman–Crippen LogP) is 4.11. The van der Waals surface area contributed by atoms with Gasteiger partial charge in [-0.15, -0.1) is 0 Å². The van der Waals surface area contributed by atoms with E-state index in [1.54, 1.807) is 0 Å². The van der Waals surface area contributed by atoms with Crippen LogP contribution >= 0.6 is 0 Å². The van der Waals surface area contributed by atoms with E-state index < -0.39 is 11.2 Å². The minimum absolute atomic E-state index is 0.143. The third-order valence-electron chi connectivity index (χ3n) is 2.89. The quantitative estimate of drug-likeness (QED) is 0.693. The summed E-state index contributed by atoms with van der Waals surface area (Å²) in [6.07, 6.45) is 2.25. The molecule has 0 aliphatic heterocycles. The van der Waals surface area contributed by atoms with E-state index in [4.69, 9.17) is 9.47 Å². The van der Waals surface area contributed by atoms with E-state index >= 15 is 0 Å². The number of rotatable bonds is 6. The molecule has 0 heterocycles. The van der Waals surface area contributed by atoms with Crippen LogP contribution in [0.15, 0.2) is 0 Å². The summed E-state index contributed by atoms with van der Waals surface area (Å²) in [5.74, 6) is -0.634. The van der Waals surface area contributed by atoms with Crippen molar-refractivity contribution in [1.29, 1.82) is 0 Å². The first-order chi connectivity index (χ1) is 9.32. The number of ether oxygens (including phenoxy) is 2. The highest BCUT2D eigenvalue weighted by Gasteiger charge is 2.24. The topological polar surface area (TPSA) is 52.6 Å². The molecule has 0 aromatic heterocycles. The fourth-order valence-corrected chi connectivity index (χ4v) is 1.77. The summed E-state index contributed by atoms with van der Waals surface area (Å²) in [4.78, 5) is 23.7. The number of esters is 2. The molecule has 124 valence electrons. The van der Waals surface area contributed by atoms with Gasteiger partial charge in [0, 0.05) is 0 Å². The van der Waals surface area contributed by atoms with Crippen LogP contribution in [0.3, 0.4) is 0 Å². The molecule has 0 aromatic rings. The fraction of sp³-hybridized carbons (Fsp3) is 0.882. The van der Waals surface area contributed by atoms with Gasteiger partial charge in [-0.25, -0.2) is 0 Å². The van der Waals surface area contributed by atoms with E-state index in [2.05, 4.69) is 0 Å². The zero-order valence-corrected chi connectivity index (χ0v) is 14.9. The molecule has 4 nitrogen and oxygen atoms in total. The maximum absolute atomic E-state index is 11.8. The molecule has 0 aromatic carbocycles. The first kappa shape index (κ1) is 19.9. The van der Waals surface area contributed by atoms with Gasteiger partial charge in [-0.1, -0.05) is 20.3 Å². The van der Waals surface area contributed by atoms with Gasteiger partial charge < -0.3 is 9.47 Å². The molecule has 0 saturated heterocycles. The third-order valence-corrected chi connectivity index (χ3v) is 2.89. The van der Waals surface area contributed by atoms with Gasteiger partial charge in [0.05, 0.1) is 11.8 Å². The molecule has 2 atom stereocenters. The molecule has 0 radical (unpaired) electrons. The first-order valence-corrected chi connectivity index (χ1v) is 7.77. The summed E-state index contributed by atoms with van der Waals surface area (Å²) >= 11 is 0. The minimum Gasteiger partial charge on any atom is -0.460 e. The van der Waals surface area contributed by atoms with Gasteiger partial charge in [0.25, 0.3) is 0 Å². The average molecular weight is 300 g/mol. The second kappa shape index (κ2) is 7.81. The standard InChI is InChI=1S/C17H32O4/c1-12(14(18)20-16(3,4)5)10-9-11-13(2)15(19)21-17(6,7)8/h12-13H,9-11H2,1-8H3. The number of hydrogen-bond donors (Lipinski definition) is 0. The lowest BCUT2D eigenvalue weighted by molar-refractivity contribution is -0.159. The summed E-state index contributed by atoms with van der Waals surface area (Å²) < 4.78 is 10.7. The molecule has 0 spiro atoms. The van der Waals surface area contributed by atoms with Crippen molar-refractivity contribution in [3.05, 3.63) is 0 Å². The second-order valence-electron chi connectivity index (χ2n) is 7.80. The van der Waals surface area contributed by atoms with Crippen LogP contribution in [0.2, 0.25) is 0 Å². The molecule has 0 fully saturated rings. The fourth-order valence-electron chi connectivity index (χ4n) is 1.77. The monoisotopic (exact) mass is 300 g/mol. The number of hydrogen-bond acceptors (Lipinski definition) is 4. The highest BCUT2D eigenvalue weighted by atomic mass is 16.6. The van der Waals surface area contributed by atoms with Crippen LogP contribution in [0.25, 0.3) is 0 Å². The van der Waals surface area contributed by atoms with Gasteiger partial charge in [-0.05, 0) is 54.4 Å². The zero-order chi connectivity index (χ0) is 16.8. The lowest BCUT2D eigenvalue weighted by Gasteiger charge is -2.23. The van der Waals surface area contributed by atoms with Gasteiger partial charge in [-0.2, -0.15) is 0 Å². The predicted molar refractivity (Wildman–Crippen MR) is 83.9 cm³/mol. The van der Waals surface area contributed by atoms with Gasteiger partial charge >= 0.3 is 11.9 Å². The van der Waals surface area contributed by atoms with Crippen molar-refractivity contribution in [2.45, 2.75) is 85.9 Å². The Morgan fingerprint density at radius 2 is 1.05 bits per heavy atom. The smallest absolute Gasteiger partial charge is 0.309 e. The highest BCUT2D eigenvalue weighted by Crippen LogP contribution is 2.19. The second-order valence-corrected chi connectivity index (χ2v) is 7.80. The van der Waals surface area contributed by atoms with E-state index in [0.29, 0.717) is 0 Å². The Balaban J connectivity index is 4.08. The van der Waals surface area contributed by atoms with Crippen molar-refractivity contribution in [2.75, 3.05) is 0 Å². The first-order valence-electron chi connectivity index (χ1n) is 7.77. The molecular formula is C17H32O4. The van der Waals surface area contributed by atoms with E-state index in [1.807, 2.05) is 55.4 Å². The molecule has 4 heteroatoms. The Bertz CT molecular complexity index is 313. The molecule has 0 rings (SSSR count). The van der Waals surface area contributed by atoms with Crippen molar-refractivity contribution in [1.82, 2.24) is 0 Å². The Morgan fingerprint density at radius 3 is 1.29 bits per heavy atom. The molecule has 0 aliphatic rings. The van der Waals surface area contributed by atoms with E-state index in [1.165, 1.54) is 0 Å².